The van der Waals surface area contributed by atoms with Gasteiger partial charge in [-0.2, -0.15) is 0 Å². The zero-order valence-corrected chi connectivity index (χ0v) is 16.3. The van der Waals surface area contributed by atoms with E-state index in [1.54, 1.807) is 20.8 Å². The number of Topliss-reactive ketones (excluding diaryl/α,β-unsaturated/α-hetero) is 1. The van der Waals surface area contributed by atoms with Crippen LogP contribution in [0.25, 0.3) is 0 Å². The number of rotatable bonds is 7. The third-order valence-electron chi connectivity index (χ3n) is 4.58. The van der Waals surface area contributed by atoms with Gasteiger partial charge in [0.1, 0.15) is 11.5 Å². The highest BCUT2D eigenvalue weighted by Crippen LogP contribution is 2.23. The van der Waals surface area contributed by atoms with E-state index in [1.165, 1.54) is 36.3 Å². The van der Waals surface area contributed by atoms with E-state index < -0.39 is 23.7 Å². The molecule has 7 heteroatoms. The van der Waals surface area contributed by atoms with E-state index in [-0.39, 0.29) is 23.6 Å². The van der Waals surface area contributed by atoms with Gasteiger partial charge in [0.2, 0.25) is 0 Å². The number of ketones is 1. The summed E-state index contributed by atoms with van der Waals surface area (Å²) in [6.45, 7) is 8.64. The zero-order valence-electron chi connectivity index (χ0n) is 16.3. The van der Waals surface area contributed by atoms with Crippen molar-refractivity contribution in [1.82, 2.24) is 9.88 Å². The number of esters is 1. The summed E-state index contributed by atoms with van der Waals surface area (Å²) in [6.07, 6.45) is 1.50. The maximum atomic E-state index is 13.5. The molecule has 6 nitrogen and oxygen atoms in total. The first-order valence-electron chi connectivity index (χ1n) is 8.72. The zero-order chi connectivity index (χ0) is 21.0. The van der Waals surface area contributed by atoms with Crippen LogP contribution in [-0.4, -0.2) is 47.2 Å². The van der Waals surface area contributed by atoms with Crippen molar-refractivity contribution in [3.05, 3.63) is 70.8 Å². The molecule has 2 rings (SSSR count). The summed E-state index contributed by atoms with van der Waals surface area (Å²) in [5.74, 6) is -1.94. The Kier molecular flexibility index (Phi) is 6.51. The monoisotopic (exact) mass is 386 g/mol. The van der Waals surface area contributed by atoms with E-state index in [0.29, 0.717) is 16.8 Å². The summed E-state index contributed by atoms with van der Waals surface area (Å²) in [4.78, 5) is 42.1. The molecule has 28 heavy (non-hydrogen) atoms. The van der Waals surface area contributed by atoms with Gasteiger partial charge in [0.25, 0.3) is 5.91 Å². The van der Waals surface area contributed by atoms with E-state index in [0.717, 1.165) is 6.07 Å². The third-order valence-corrected chi connectivity index (χ3v) is 4.58. The van der Waals surface area contributed by atoms with Gasteiger partial charge >= 0.3 is 5.97 Å². The third kappa shape index (κ3) is 4.03. The second kappa shape index (κ2) is 8.65. The number of carbonyl (C=O) groups is 3. The molecule has 1 aromatic carbocycles. The van der Waals surface area contributed by atoms with E-state index in [2.05, 4.69) is 11.6 Å². The molecule has 0 spiro atoms. The van der Waals surface area contributed by atoms with Crippen molar-refractivity contribution in [2.75, 3.05) is 13.7 Å². The molecule has 0 saturated carbocycles. The second-order valence-electron chi connectivity index (χ2n) is 6.41. The molecule has 148 valence electrons. The fraction of sp³-hybridized carbons (Fsp3) is 0.286. The number of aryl methyl sites for hydroxylation is 1. The summed E-state index contributed by atoms with van der Waals surface area (Å²) in [7, 11) is 1.26. The topological polar surface area (TPSA) is 79.5 Å². The number of aromatic amines is 1. The number of amides is 1. The highest BCUT2D eigenvalue weighted by molar-refractivity contribution is 6.07. The lowest BCUT2D eigenvalue weighted by molar-refractivity contribution is 0.0593. The lowest BCUT2D eigenvalue weighted by Crippen LogP contribution is -2.43. The van der Waals surface area contributed by atoms with E-state index in [4.69, 9.17) is 4.74 Å². The SMILES string of the molecule is C=CCN(C(=O)c1cccc(F)c1)[C@H](C)C(=O)c1c(C)[nH]c(C(=O)OC)c1C. The first-order chi connectivity index (χ1) is 13.2. The van der Waals surface area contributed by atoms with Crippen LogP contribution in [0.1, 0.15) is 49.4 Å². The van der Waals surface area contributed by atoms with Crippen LogP contribution in [0.2, 0.25) is 0 Å². The molecule has 0 unspecified atom stereocenters. The molecule has 1 aromatic heterocycles. The number of halogens is 1. The number of methoxy groups -OCH3 is 1. The largest absolute Gasteiger partial charge is 0.464 e. The van der Waals surface area contributed by atoms with Gasteiger partial charge in [-0.25, -0.2) is 9.18 Å². The molecule has 0 aliphatic heterocycles. The molecule has 1 atom stereocenters. The van der Waals surface area contributed by atoms with Crippen LogP contribution in [0.3, 0.4) is 0 Å². The molecule has 1 N–H and O–H groups in total. The predicted octanol–water partition coefficient (Wildman–Crippen LogP) is 3.46. The highest BCUT2D eigenvalue weighted by atomic mass is 19.1. The van der Waals surface area contributed by atoms with Gasteiger partial charge in [0.05, 0.1) is 13.2 Å². The molecule has 2 aromatic rings. The number of hydrogen-bond donors (Lipinski definition) is 1. The van der Waals surface area contributed by atoms with Crippen LogP contribution >= 0.6 is 0 Å². The standard InChI is InChI=1S/C21H23FN2O4/c1-6-10-24(20(26)15-8-7-9-16(22)11-15)14(4)19(25)17-12(2)18(21(27)28-5)23-13(17)3/h6-9,11,14,23H,1,10H2,2-5H3/t14-/m1/s1. The molecule has 0 aliphatic carbocycles. The molecule has 0 radical (unpaired) electrons. The van der Waals surface area contributed by atoms with Gasteiger partial charge in [-0.1, -0.05) is 12.1 Å². The lowest BCUT2D eigenvalue weighted by atomic mass is 9.99. The van der Waals surface area contributed by atoms with Crippen molar-refractivity contribution >= 4 is 17.7 Å². The van der Waals surface area contributed by atoms with Crippen molar-refractivity contribution in [3.8, 4) is 0 Å². The first-order valence-corrected chi connectivity index (χ1v) is 8.72. The minimum absolute atomic E-state index is 0.106. The quantitative estimate of drug-likeness (QED) is 0.449. The fourth-order valence-corrected chi connectivity index (χ4v) is 3.12. The smallest absolute Gasteiger partial charge is 0.354 e. The van der Waals surface area contributed by atoms with E-state index in [9.17, 15) is 18.8 Å². The van der Waals surface area contributed by atoms with Crippen molar-refractivity contribution < 1.29 is 23.5 Å². The Bertz CT molecular complexity index is 932. The Hall–Kier alpha value is -3.22. The van der Waals surface area contributed by atoms with Crippen molar-refractivity contribution in [2.24, 2.45) is 0 Å². The lowest BCUT2D eigenvalue weighted by Gasteiger charge is -2.27. The van der Waals surface area contributed by atoms with Crippen molar-refractivity contribution in [3.63, 3.8) is 0 Å². The maximum absolute atomic E-state index is 13.5. The van der Waals surface area contributed by atoms with Crippen LogP contribution in [0.5, 0.6) is 0 Å². The van der Waals surface area contributed by atoms with E-state index in [1.807, 2.05) is 0 Å². The van der Waals surface area contributed by atoms with Gasteiger partial charge in [0, 0.05) is 23.4 Å². The van der Waals surface area contributed by atoms with E-state index >= 15 is 0 Å². The van der Waals surface area contributed by atoms with Gasteiger partial charge in [0.15, 0.2) is 5.78 Å². The molecule has 0 fully saturated rings. The summed E-state index contributed by atoms with van der Waals surface area (Å²) in [5.41, 5.74) is 1.63. The first kappa shape index (κ1) is 21.1. The summed E-state index contributed by atoms with van der Waals surface area (Å²) in [6, 6.07) is 4.43. The molecule has 1 amide bonds. The Morgan fingerprint density at radius 3 is 2.57 bits per heavy atom. The van der Waals surface area contributed by atoms with Gasteiger partial charge in [-0.15, -0.1) is 6.58 Å². The van der Waals surface area contributed by atoms with Crippen LogP contribution in [0.4, 0.5) is 4.39 Å². The Balaban J connectivity index is 2.40. The summed E-state index contributed by atoms with van der Waals surface area (Å²) < 4.78 is 18.2. The number of H-pyrrole nitrogens is 1. The molecule has 0 saturated heterocycles. The Morgan fingerprint density at radius 2 is 2.00 bits per heavy atom. The minimum Gasteiger partial charge on any atom is -0.464 e. The predicted molar refractivity (Wildman–Crippen MR) is 103 cm³/mol. The maximum Gasteiger partial charge on any atom is 0.354 e. The highest BCUT2D eigenvalue weighted by Gasteiger charge is 2.31. The summed E-state index contributed by atoms with van der Waals surface area (Å²) >= 11 is 0. The second-order valence-corrected chi connectivity index (χ2v) is 6.41. The van der Waals surface area contributed by atoms with Gasteiger partial charge < -0.3 is 14.6 Å². The number of ether oxygens (including phenoxy) is 1. The molecule has 1 heterocycles. The molecular weight excluding hydrogens is 363 g/mol. The fourth-order valence-electron chi connectivity index (χ4n) is 3.12. The molecule has 0 bridgehead atoms. The normalized spacial score (nSPS) is 11.6. The number of benzene rings is 1. The van der Waals surface area contributed by atoms with Crippen LogP contribution in [0, 0.1) is 19.7 Å². The van der Waals surface area contributed by atoms with Gasteiger partial charge in [-0.3, -0.25) is 9.59 Å². The average Bonchev–Trinajstić information content (AvgIpc) is 2.98. The number of nitrogens with one attached hydrogen (secondary N) is 1. The van der Waals surface area contributed by atoms with Crippen molar-refractivity contribution in [1.29, 1.82) is 0 Å². The Morgan fingerprint density at radius 1 is 1.32 bits per heavy atom. The van der Waals surface area contributed by atoms with Gasteiger partial charge in [-0.05, 0) is 44.5 Å². The van der Waals surface area contributed by atoms with Crippen molar-refractivity contribution in [2.45, 2.75) is 26.8 Å². The molecular formula is C21H23FN2O4. The minimum atomic E-state index is -0.854. The number of hydrogen-bond acceptors (Lipinski definition) is 4. The molecule has 0 aliphatic rings. The summed E-state index contributed by atoms with van der Waals surface area (Å²) in [5, 5.41) is 0. The average molecular weight is 386 g/mol. The van der Waals surface area contributed by atoms with Crippen LogP contribution in [-0.2, 0) is 4.74 Å². The number of nitrogens with zero attached hydrogens (tertiary/aromatic N) is 1. The van der Waals surface area contributed by atoms with Crippen LogP contribution in [0.15, 0.2) is 36.9 Å². The number of carbonyl (C=O) groups excluding carboxylic acids is 3. The Labute approximate surface area is 163 Å². The number of aromatic nitrogens is 1. The van der Waals surface area contributed by atoms with Crippen LogP contribution < -0.4 is 0 Å².